The van der Waals surface area contributed by atoms with Gasteiger partial charge in [0.05, 0.1) is 0 Å². The zero-order valence-corrected chi connectivity index (χ0v) is 15.3. The summed E-state index contributed by atoms with van der Waals surface area (Å²) in [5, 5.41) is 10.9. The van der Waals surface area contributed by atoms with E-state index in [4.69, 9.17) is 0 Å². The predicted octanol–water partition coefficient (Wildman–Crippen LogP) is 3.17. The standard InChI is InChI=1S/C12H21N3S2.HI/c1-12(2,16-4)9-15-11(13-3)14-7-10-5-6-17-8-10;/h5-6,8H,7,9H2,1-4H3,(H2,13,14,15);1H. The monoisotopic (exact) mass is 399 g/mol. The number of guanidine groups is 1. The fourth-order valence-corrected chi connectivity index (χ4v) is 2.05. The van der Waals surface area contributed by atoms with Crippen LogP contribution in [0.4, 0.5) is 0 Å². The highest BCUT2D eigenvalue weighted by molar-refractivity contribution is 14.0. The number of nitrogens with one attached hydrogen (secondary N) is 2. The van der Waals surface area contributed by atoms with Crippen LogP contribution in [0.1, 0.15) is 19.4 Å². The molecule has 0 aliphatic heterocycles. The molecule has 18 heavy (non-hydrogen) atoms. The van der Waals surface area contributed by atoms with E-state index < -0.39 is 0 Å². The van der Waals surface area contributed by atoms with Crippen molar-refractivity contribution in [3.63, 3.8) is 0 Å². The van der Waals surface area contributed by atoms with Gasteiger partial charge in [0.25, 0.3) is 0 Å². The van der Waals surface area contributed by atoms with Gasteiger partial charge in [0, 0.05) is 24.9 Å². The smallest absolute Gasteiger partial charge is 0.191 e. The topological polar surface area (TPSA) is 36.4 Å². The second-order valence-electron chi connectivity index (χ2n) is 4.37. The Morgan fingerprint density at radius 2 is 2.17 bits per heavy atom. The van der Waals surface area contributed by atoms with Crippen LogP contribution in [0.2, 0.25) is 0 Å². The minimum Gasteiger partial charge on any atom is -0.355 e. The van der Waals surface area contributed by atoms with Gasteiger partial charge in [0.15, 0.2) is 5.96 Å². The number of aliphatic imine (C=N–C) groups is 1. The minimum absolute atomic E-state index is 0. The SMILES string of the molecule is CN=C(NCc1ccsc1)NCC(C)(C)SC.I. The molecule has 0 aliphatic carbocycles. The summed E-state index contributed by atoms with van der Waals surface area (Å²) in [4.78, 5) is 4.21. The maximum atomic E-state index is 4.21. The number of thioether (sulfide) groups is 1. The molecule has 1 rings (SSSR count). The third kappa shape index (κ3) is 6.84. The van der Waals surface area contributed by atoms with E-state index in [-0.39, 0.29) is 28.7 Å². The van der Waals surface area contributed by atoms with E-state index in [2.05, 4.69) is 52.6 Å². The molecule has 2 N–H and O–H groups in total. The fraction of sp³-hybridized carbons (Fsp3) is 0.583. The van der Waals surface area contributed by atoms with Crippen LogP contribution in [0.3, 0.4) is 0 Å². The van der Waals surface area contributed by atoms with Crippen molar-refractivity contribution in [3.8, 4) is 0 Å². The summed E-state index contributed by atoms with van der Waals surface area (Å²) >= 11 is 3.57. The molecule has 0 amide bonds. The van der Waals surface area contributed by atoms with Crippen molar-refractivity contribution < 1.29 is 0 Å². The predicted molar refractivity (Wildman–Crippen MR) is 95.5 cm³/mol. The first-order valence-electron chi connectivity index (χ1n) is 5.58. The zero-order valence-electron chi connectivity index (χ0n) is 11.3. The second-order valence-corrected chi connectivity index (χ2v) is 6.67. The Kier molecular flexibility index (Phi) is 9.06. The molecule has 3 nitrogen and oxygen atoms in total. The number of thiophene rings is 1. The molecule has 0 fully saturated rings. The Morgan fingerprint density at radius 1 is 1.44 bits per heavy atom. The van der Waals surface area contributed by atoms with E-state index in [0.717, 1.165) is 19.0 Å². The van der Waals surface area contributed by atoms with Crippen LogP contribution in [0.25, 0.3) is 0 Å². The first-order valence-corrected chi connectivity index (χ1v) is 7.75. The molecule has 1 aromatic heterocycles. The van der Waals surface area contributed by atoms with E-state index in [1.807, 2.05) is 11.8 Å². The number of hydrogen-bond acceptors (Lipinski definition) is 3. The van der Waals surface area contributed by atoms with Gasteiger partial charge in [-0.1, -0.05) is 0 Å². The summed E-state index contributed by atoms with van der Waals surface area (Å²) in [5.41, 5.74) is 1.29. The van der Waals surface area contributed by atoms with Crippen LogP contribution in [0.5, 0.6) is 0 Å². The Labute approximate surface area is 135 Å². The van der Waals surface area contributed by atoms with Gasteiger partial charge < -0.3 is 10.6 Å². The highest BCUT2D eigenvalue weighted by Gasteiger charge is 2.15. The molecule has 0 spiro atoms. The summed E-state index contributed by atoms with van der Waals surface area (Å²) in [6.07, 6.45) is 2.13. The third-order valence-corrected chi connectivity index (χ3v) is 4.48. The van der Waals surface area contributed by atoms with Crippen LogP contribution in [-0.4, -0.2) is 30.6 Å². The number of halogens is 1. The van der Waals surface area contributed by atoms with Crippen molar-refractivity contribution in [1.29, 1.82) is 0 Å². The molecule has 1 heterocycles. The van der Waals surface area contributed by atoms with Gasteiger partial charge in [-0.15, -0.1) is 24.0 Å². The van der Waals surface area contributed by atoms with Crippen LogP contribution in [-0.2, 0) is 6.54 Å². The van der Waals surface area contributed by atoms with Gasteiger partial charge in [-0.05, 0) is 42.5 Å². The molecule has 0 bridgehead atoms. The molecule has 6 heteroatoms. The molecular weight excluding hydrogens is 377 g/mol. The van der Waals surface area contributed by atoms with E-state index in [1.54, 1.807) is 18.4 Å². The van der Waals surface area contributed by atoms with Gasteiger partial charge in [-0.25, -0.2) is 0 Å². The first-order chi connectivity index (χ1) is 8.07. The van der Waals surface area contributed by atoms with Crippen molar-refractivity contribution in [1.82, 2.24) is 10.6 Å². The highest BCUT2D eigenvalue weighted by atomic mass is 127. The lowest BCUT2D eigenvalue weighted by molar-refractivity contribution is 0.664. The number of nitrogens with zero attached hydrogens (tertiary/aromatic N) is 1. The summed E-state index contributed by atoms with van der Waals surface area (Å²) in [7, 11) is 1.80. The van der Waals surface area contributed by atoms with Gasteiger partial charge in [-0.3, -0.25) is 4.99 Å². The molecule has 0 aromatic carbocycles. The highest BCUT2D eigenvalue weighted by Crippen LogP contribution is 2.19. The number of hydrogen-bond donors (Lipinski definition) is 2. The second kappa shape index (κ2) is 9.03. The van der Waals surface area contributed by atoms with E-state index >= 15 is 0 Å². The molecule has 1 aromatic rings. The number of rotatable bonds is 5. The summed E-state index contributed by atoms with van der Waals surface area (Å²) in [6, 6.07) is 2.12. The minimum atomic E-state index is 0. The van der Waals surface area contributed by atoms with Crippen LogP contribution in [0, 0.1) is 0 Å². The molecular formula is C12H22IN3S2. The van der Waals surface area contributed by atoms with Crippen LogP contribution < -0.4 is 10.6 Å². The van der Waals surface area contributed by atoms with E-state index in [1.165, 1.54) is 5.56 Å². The van der Waals surface area contributed by atoms with E-state index in [0.29, 0.717) is 0 Å². The van der Waals surface area contributed by atoms with Crippen molar-refractivity contribution >= 4 is 53.0 Å². The lowest BCUT2D eigenvalue weighted by atomic mass is 10.2. The van der Waals surface area contributed by atoms with Crippen LogP contribution >= 0.6 is 47.1 Å². The van der Waals surface area contributed by atoms with Gasteiger partial charge in [0.1, 0.15) is 0 Å². The Balaban J connectivity index is 0.00000289. The van der Waals surface area contributed by atoms with Crippen molar-refractivity contribution in [3.05, 3.63) is 22.4 Å². The lowest BCUT2D eigenvalue weighted by Crippen LogP contribution is -2.42. The van der Waals surface area contributed by atoms with E-state index in [9.17, 15) is 0 Å². The largest absolute Gasteiger partial charge is 0.355 e. The van der Waals surface area contributed by atoms with Crippen molar-refractivity contribution in [2.24, 2.45) is 4.99 Å². The first kappa shape index (κ1) is 18.0. The third-order valence-electron chi connectivity index (χ3n) is 2.50. The average molecular weight is 399 g/mol. The van der Waals surface area contributed by atoms with Gasteiger partial charge >= 0.3 is 0 Å². The Morgan fingerprint density at radius 3 is 2.67 bits per heavy atom. The summed E-state index contributed by atoms with van der Waals surface area (Å²) in [6.45, 7) is 6.16. The lowest BCUT2D eigenvalue weighted by Gasteiger charge is -2.23. The fourth-order valence-electron chi connectivity index (χ4n) is 1.17. The average Bonchev–Trinajstić information content (AvgIpc) is 2.82. The molecule has 0 saturated carbocycles. The molecule has 104 valence electrons. The summed E-state index contributed by atoms with van der Waals surface area (Å²) in [5.74, 6) is 0.860. The molecule has 0 saturated heterocycles. The Hall–Kier alpha value is 0.0500. The van der Waals surface area contributed by atoms with Crippen molar-refractivity contribution in [2.45, 2.75) is 25.1 Å². The molecule has 0 aliphatic rings. The quantitative estimate of drug-likeness (QED) is 0.454. The molecule has 0 atom stereocenters. The van der Waals surface area contributed by atoms with Crippen molar-refractivity contribution in [2.75, 3.05) is 19.8 Å². The molecule has 0 radical (unpaired) electrons. The Bertz CT molecular complexity index is 350. The normalized spacial score (nSPS) is 11.9. The van der Waals surface area contributed by atoms with Crippen LogP contribution in [0.15, 0.2) is 21.8 Å². The zero-order chi connectivity index (χ0) is 12.7. The molecule has 0 unspecified atom stereocenters. The van der Waals surface area contributed by atoms with Gasteiger partial charge in [-0.2, -0.15) is 23.1 Å². The van der Waals surface area contributed by atoms with Gasteiger partial charge in [0.2, 0.25) is 0 Å². The maximum Gasteiger partial charge on any atom is 0.191 e. The maximum absolute atomic E-state index is 4.21. The summed E-state index contributed by atoms with van der Waals surface area (Å²) < 4.78 is 0.222.